The van der Waals surface area contributed by atoms with Gasteiger partial charge in [-0.15, -0.1) is 0 Å². The van der Waals surface area contributed by atoms with Crippen LogP contribution in [-0.4, -0.2) is 36.7 Å². The van der Waals surface area contributed by atoms with Crippen LogP contribution in [0.3, 0.4) is 0 Å². The van der Waals surface area contributed by atoms with Crippen molar-refractivity contribution in [3.05, 3.63) is 27.7 Å². The average Bonchev–Trinajstić information content (AvgIpc) is 2.29. The van der Waals surface area contributed by atoms with E-state index in [1.54, 1.807) is 20.8 Å². The van der Waals surface area contributed by atoms with E-state index < -0.39 is 28.1 Å². The predicted octanol–water partition coefficient (Wildman–Crippen LogP) is 1.89. The Balaban J connectivity index is 3.22. The molecule has 118 valence electrons. The summed E-state index contributed by atoms with van der Waals surface area (Å²) < 4.78 is 27.6. The van der Waals surface area contributed by atoms with E-state index in [9.17, 15) is 18.3 Å². The SMILES string of the molecule is Cc1c(Br)cc(C(=O)O)cc1S(=O)(=O)NC(C)CC(C)O. The maximum atomic E-state index is 12.4. The molecule has 0 aliphatic rings. The Kier molecular flexibility index (Phi) is 5.92. The summed E-state index contributed by atoms with van der Waals surface area (Å²) in [6, 6.07) is 2.01. The van der Waals surface area contributed by atoms with Gasteiger partial charge < -0.3 is 10.2 Å². The second-order valence-electron chi connectivity index (χ2n) is 4.99. The van der Waals surface area contributed by atoms with Crippen LogP contribution >= 0.6 is 15.9 Å². The predicted molar refractivity (Wildman–Crippen MR) is 81.9 cm³/mol. The summed E-state index contributed by atoms with van der Waals surface area (Å²) >= 11 is 3.17. The summed E-state index contributed by atoms with van der Waals surface area (Å²) in [6.07, 6.45) is -0.376. The molecule has 0 aromatic heterocycles. The molecule has 2 atom stereocenters. The van der Waals surface area contributed by atoms with Crippen molar-refractivity contribution in [2.75, 3.05) is 0 Å². The summed E-state index contributed by atoms with van der Waals surface area (Å²) in [6.45, 7) is 4.79. The van der Waals surface area contributed by atoms with Gasteiger partial charge >= 0.3 is 5.97 Å². The zero-order chi connectivity index (χ0) is 16.4. The van der Waals surface area contributed by atoms with E-state index in [0.29, 0.717) is 10.0 Å². The average molecular weight is 380 g/mol. The number of nitrogens with one attached hydrogen (secondary N) is 1. The summed E-state index contributed by atoms with van der Waals surface area (Å²) in [4.78, 5) is 11.0. The first-order valence-electron chi connectivity index (χ1n) is 6.28. The quantitative estimate of drug-likeness (QED) is 0.699. The smallest absolute Gasteiger partial charge is 0.335 e. The Morgan fingerprint density at radius 2 is 1.95 bits per heavy atom. The van der Waals surface area contributed by atoms with E-state index in [1.807, 2.05) is 0 Å². The number of carboxylic acid groups (broad SMARTS) is 1. The molecule has 0 radical (unpaired) electrons. The Labute approximate surface area is 132 Å². The van der Waals surface area contributed by atoms with E-state index in [4.69, 9.17) is 5.11 Å². The van der Waals surface area contributed by atoms with Crippen LogP contribution in [0.2, 0.25) is 0 Å². The minimum absolute atomic E-state index is 0.0910. The van der Waals surface area contributed by atoms with Crippen LogP contribution in [0, 0.1) is 6.92 Å². The van der Waals surface area contributed by atoms with Crippen molar-refractivity contribution >= 4 is 31.9 Å². The van der Waals surface area contributed by atoms with Gasteiger partial charge in [-0.25, -0.2) is 17.9 Å². The number of aliphatic hydroxyl groups is 1. The van der Waals surface area contributed by atoms with Crippen molar-refractivity contribution in [3.63, 3.8) is 0 Å². The molecule has 0 saturated heterocycles. The van der Waals surface area contributed by atoms with Gasteiger partial charge in [0.25, 0.3) is 0 Å². The molecule has 3 N–H and O–H groups in total. The minimum atomic E-state index is -3.87. The lowest BCUT2D eigenvalue weighted by Crippen LogP contribution is -2.35. The van der Waals surface area contributed by atoms with Gasteiger partial charge in [0.15, 0.2) is 0 Å². The number of carbonyl (C=O) groups is 1. The second kappa shape index (κ2) is 6.87. The number of hydrogen-bond acceptors (Lipinski definition) is 4. The Morgan fingerprint density at radius 3 is 2.43 bits per heavy atom. The molecule has 2 unspecified atom stereocenters. The molecule has 6 nitrogen and oxygen atoms in total. The largest absolute Gasteiger partial charge is 0.478 e. The zero-order valence-electron chi connectivity index (χ0n) is 11.9. The van der Waals surface area contributed by atoms with Gasteiger partial charge in [-0.2, -0.15) is 0 Å². The first kappa shape index (κ1) is 18.1. The number of sulfonamides is 1. The van der Waals surface area contributed by atoms with E-state index >= 15 is 0 Å². The number of aromatic carboxylic acids is 1. The van der Waals surface area contributed by atoms with Crippen LogP contribution in [-0.2, 0) is 10.0 Å². The summed E-state index contributed by atoms with van der Waals surface area (Å²) in [5.41, 5.74) is 0.313. The Bertz CT molecular complexity index is 642. The second-order valence-corrected chi connectivity index (χ2v) is 7.53. The summed E-state index contributed by atoms with van der Waals surface area (Å²) in [5.74, 6) is -1.20. The first-order chi connectivity index (χ1) is 9.54. The highest BCUT2D eigenvalue weighted by molar-refractivity contribution is 9.10. The lowest BCUT2D eigenvalue weighted by atomic mass is 10.1. The van der Waals surface area contributed by atoms with E-state index in [-0.39, 0.29) is 16.9 Å². The normalized spacial score (nSPS) is 14.7. The van der Waals surface area contributed by atoms with Crippen LogP contribution in [0.15, 0.2) is 21.5 Å². The van der Waals surface area contributed by atoms with Crippen molar-refractivity contribution in [2.24, 2.45) is 0 Å². The third-order valence-corrected chi connectivity index (χ3v) is 5.42. The van der Waals surface area contributed by atoms with Crippen molar-refractivity contribution in [2.45, 2.75) is 44.2 Å². The van der Waals surface area contributed by atoms with Crippen molar-refractivity contribution < 1.29 is 23.4 Å². The molecular formula is C13H18BrNO5S. The third kappa shape index (κ3) is 4.77. The van der Waals surface area contributed by atoms with Gasteiger partial charge in [0.2, 0.25) is 10.0 Å². The fourth-order valence-electron chi connectivity index (χ4n) is 1.94. The standard InChI is InChI=1S/C13H18BrNO5S/c1-7(4-8(2)16)15-21(19,20)12-6-10(13(17)18)5-11(14)9(12)3/h5-8,15-16H,4H2,1-3H3,(H,17,18). The van der Waals surface area contributed by atoms with Crippen LogP contribution < -0.4 is 4.72 Å². The van der Waals surface area contributed by atoms with Gasteiger partial charge in [0.1, 0.15) is 0 Å². The van der Waals surface area contributed by atoms with Crippen molar-refractivity contribution in [3.8, 4) is 0 Å². The number of rotatable bonds is 6. The lowest BCUT2D eigenvalue weighted by Gasteiger charge is -2.17. The number of halogens is 1. The molecule has 0 saturated carbocycles. The van der Waals surface area contributed by atoms with Crippen LogP contribution in [0.4, 0.5) is 0 Å². The topological polar surface area (TPSA) is 104 Å². The number of aliphatic hydroxyl groups excluding tert-OH is 1. The molecule has 8 heteroatoms. The highest BCUT2D eigenvalue weighted by Gasteiger charge is 2.23. The maximum absolute atomic E-state index is 12.4. The highest BCUT2D eigenvalue weighted by Crippen LogP contribution is 2.26. The van der Waals surface area contributed by atoms with Crippen LogP contribution in [0.5, 0.6) is 0 Å². The van der Waals surface area contributed by atoms with Gasteiger partial charge in [0.05, 0.1) is 16.6 Å². The molecule has 1 aromatic rings. The highest BCUT2D eigenvalue weighted by atomic mass is 79.9. The maximum Gasteiger partial charge on any atom is 0.335 e. The number of carboxylic acids is 1. The first-order valence-corrected chi connectivity index (χ1v) is 8.56. The molecule has 0 aliphatic carbocycles. The van der Waals surface area contributed by atoms with Crippen LogP contribution in [0.1, 0.15) is 36.2 Å². The molecule has 0 spiro atoms. The fourth-order valence-corrected chi connectivity index (χ4v) is 4.08. The molecule has 0 amide bonds. The zero-order valence-corrected chi connectivity index (χ0v) is 14.3. The summed E-state index contributed by atoms with van der Waals surface area (Å²) in [7, 11) is -3.87. The molecule has 0 aliphatic heterocycles. The molecule has 0 heterocycles. The number of hydrogen-bond donors (Lipinski definition) is 3. The van der Waals surface area contributed by atoms with Crippen molar-refractivity contribution in [1.82, 2.24) is 4.72 Å². The molecule has 1 aromatic carbocycles. The molecule has 1 rings (SSSR count). The number of benzene rings is 1. The molecule has 21 heavy (non-hydrogen) atoms. The molecule has 0 fully saturated rings. The van der Waals surface area contributed by atoms with Gasteiger partial charge in [-0.3, -0.25) is 0 Å². The van der Waals surface area contributed by atoms with Crippen molar-refractivity contribution in [1.29, 1.82) is 0 Å². The summed E-state index contributed by atoms with van der Waals surface area (Å²) in [5, 5.41) is 18.3. The van der Waals surface area contributed by atoms with E-state index in [2.05, 4.69) is 20.7 Å². The Morgan fingerprint density at radius 1 is 1.38 bits per heavy atom. The van der Waals surface area contributed by atoms with Gasteiger partial charge in [-0.1, -0.05) is 15.9 Å². The molecular weight excluding hydrogens is 362 g/mol. The third-order valence-electron chi connectivity index (χ3n) is 2.88. The van der Waals surface area contributed by atoms with Gasteiger partial charge in [0, 0.05) is 10.5 Å². The lowest BCUT2D eigenvalue weighted by molar-refractivity contribution is 0.0696. The van der Waals surface area contributed by atoms with E-state index in [0.717, 1.165) is 6.07 Å². The van der Waals surface area contributed by atoms with Crippen LogP contribution in [0.25, 0.3) is 0 Å². The monoisotopic (exact) mass is 379 g/mol. The Hall–Kier alpha value is -0.960. The van der Waals surface area contributed by atoms with E-state index in [1.165, 1.54) is 6.07 Å². The van der Waals surface area contributed by atoms with Gasteiger partial charge in [-0.05, 0) is 44.9 Å². The fraction of sp³-hybridized carbons (Fsp3) is 0.462. The minimum Gasteiger partial charge on any atom is -0.478 e. The molecule has 0 bridgehead atoms.